The number of nitriles is 1. The van der Waals surface area contributed by atoms with E-state index in [1.54, 1.807) is 54.9 Å². The zero-order chi connectivity index (χ0) is 21.5. The summed E-state index contributed by atoms with van der Waals surface area (Å²) >= 11 is 6.18. The molecule has 1 heterocycles. The van der Waals surface area contributed by atoms with E-state index in [1.165, 1.54) is 13.2 Å². The Labute approximate surface area is 177 Å². The molecule has 1 aromatic heterocycles. The number of nitrogens with zero attached hydrogens (tertiary/aromatic N) is 2. The highest BCUT2D eigenvalue weighted by atomic mass is 35.5. The van der Waals surface area contributed by atoms with E-state index >= 15 is 0 Å². The quantitative estimate of drug-likeness (QED) is 0.513. The Morgan fingerprint density at radius 1 is 1.23 bits per heavy atom. The van der Waals surface area contributed by atoms with E-state index in [1.807, 2.05) is 0 Å². The lowest BCUT2D eigenvalue weighted by Gasteiger charge is -2.20. The maximum absolute atomic E-state index is 14.5. The lowest BCUT2D eigenvalue weighted by Crippen LogP contribution is -2.21. The first-order valence-corrected chi connectivity index (χ1v) is 9.15. The van der Waals surface area contributed by atoms with Crippen molar-refractivity contribution in [3.05, 3.63) is 88.5 Å². The van der Waals surface area contributed by atoms with Crippen LogP contribution in [0.5, 0.6) is 11.5 Å². The first-order chi connectivity index (χ1) is 14.5. The second-order valence-corrected chi connectivity index (χ2v) is 6.48. The van der Waals surface area contributed by atoms with E-state index < -0.39 is 17.9 Å². The normalized spacial score (nSPS) is 11.3. The van der Waals surface area contributed by atoms with Crippen molar-refractivity contribution in [3.8, 4) is 17.6 Å². The van der Waals surface area contributed by atoms with Gasteiger partial charge in [0.2, 0.25) is 6.10 Å². The van der Waals surface area contributed by atoms with E-state index in [4.69, 9.17) is 25.8 Å². The van der Waals surface area contributed by atoms with Gasteiger partial charge in [0.05, 0.1) is 7.11 Å². The highest BCUT2D eigenvalue weighted by molar-refractivity contribution is 6.31. The summed E-state index contributed by atoms with van der Waals surface area (Å²) in [6.07, 6.45) is 1.92. The van der Waals surface area contributed by atoms with Gasteiger partial charge in [-0.15, -0.1) is 0 Å². The molecule has 152 valence electrons. The van der Waals surface area contributed by atoms with Gasteiger partial charge in [0.25, 0.3) is 0 Å². The Kier molecular flexibility index (Phi) is 6.83. The van der Waals surface area contributed by atoms with Gasteiger partial charge in [0.15, 0.2) is 0 Å². The van der Waals surface area contributed by atoms with Crippen LogP contribution in [-0.4, -0.2) is 18.1 Å². The van der Waals surface area contributed by atoms with Crippen LogP contribution >= 0.6 is 11.6 Å². The van der Waals surface area contributed by atoms with Gasteiger partial charge >= 0.3 is 5.97 Å². The van der Waals surface area contributed by atoms with Crippen LogP contribution in [0.2, 0.25) is 5.02 Å². The third-order valence-electron chi connectivity index (χ3n) is 4.14. The van der Waals surface area contributed by atoms with Crippen LogP contribution < -0.4 is 9.47 Å². The Morgan fingerprint density at radius 3 is 2.63 bits per heavy atom. The SMILES string of the molecule is COC(=O)C(Oc1cc(OCc2ccncc2)cc(F)c1C#N)c1ccccc1Cl. The summed E-state index contributed by atoms with van der Waals surface area (Å²) in [6.45, 7) is 0.151. The average Bonchev–Trinajstić information content (AvgIpc) is 2.76. The number of halogens is 2. The predicted molar refractivity (Wildman–Crippen MR) is 107 cm³/mol. The molecule has 8 heteroatoms. The van der Waals surface area contributed by atoms with Crippen molar-refractivity contribution in [2.45, 2.75) is 12.7 Å². The molecule has 6 nitrogen and oxygen atoms in total. The van der Waals surface area contributed by atoms with Crippen molar-refractivity contribution in [2.24, 2.45) is 0 Å². The lowest BCUT2D eigenvalue weighted by atomic mass is 10.1. The second kappa shape index (κ2) is 9.72. The van der Waals surface area contributed by atoms with E-state index in [9.17, 15) is 14.4 Å². The van der Waals surface area contributed by atoms with Crippen LogP contribution in [0.1, 0.15) is 22.8 Å². The molecule has 0 bridgehead atoms. The van der Waals surface area contributed by atoms with E-state index in [0.29, 0.717) is 5.56 Å². The third-order valence-corrected chi connectivity index (χ3v) is 4.49. The average molecular weight is 427 g/mol. The van der Waals surface area contributed by atoms with Crippen LogP contribution in [0, 0.1) is 17.1 Å². The molecule has 0 spiro atoms. The predicted octanol–water partition coefficient (Wildman–Crippen LogP) is 4.62. The molecule has 0 saturated heterocycles. The maximum atomic E-state index is 14.5. The Bertz CT molecular complexity index is 1090. The number of hydrogen-bond acceptors (Lipinski definition) is 6. The lowest BCUT2D eigenvalue weighted by molar-refractivity contribution is -0.149. The van der Waals surface area contributed by atoms with Gasteiger partial charge in [-0.1, -0.05) is 29.8 Å². The van der Waals surface area contributed by atoms with E-state index in [0.717, 1.165) is 11.6 Å². The van der Waals surface area contributed by atoms with Crippen molar-refractivity contribution >= 4 is 17.6 Å². The van der Waals surface area contributed by atoms with Crippen molar-refractivity contribution in [1.82, 2.24) is 4.98 Å². The second-order valence-electron chi connectivity index (χ2n) is 6.08. The molecule has 0 aliphatic carbocycles. The number of pyridine rings is 1. The van der Waals surface area contributed by atoms with Crippen molar-refractivity contribution in [3.63, 3.8) is 0 Å². The van der Waals surface area contributed by atoms with Crippen LogP contribution in [0.3, 0.4) is 0 Å². The molecule has 2 aromatic carbocycles. The summed E-state index contributed by atoms with van der Waals surface area (Å²) in [6, 6.07) is 14.2. The Morgan fingerprint density at radius 2 is 1.97 bits per heavy atom. The van der Waals surface area contributed by atoms with E-state index in [2.05, 4.69) is 4.98 Å². The van der Waals surface area contributed by atoms with Gasteiger partial charge < -0.3 is 14.2 Å². The number of carbonyl (C=O) groups excluding carboxylic acids is 1. The number of hydrogen-bond donors (Lipinski definition) is 0. The zero-order valence-corrected chi connectivity index (χ0v) is 16.6. The van der Waals surface area contributed by atoms with Crippen molar-refractivity contribution in [1.29, 1.82) is 5.26 Å². The number of aromatic nitrogens is 1. The molecule has 3 aromatic rings. The highest BCUT2D eigenvalue weighted by Crippen LogP contribution is 2.34. The molecule has 0 aliphatic heterocycles. The summed E-state index contributed by atoms with van der Waals surface area (Å²) in [4.78, 5) is 16.2. The van der Waals surface area contributed by atoms with E-state index in [-0.39, 0.29) is 28.7 Å². The molecule has 0 amide bonds. The topological polar surface area (TPSA) is 81.4 Å². The summed E-state index contributed by atoms with van der Waals surface area (Å²) in [5, 5.41) is 9.63. The van der Waals surface area contributed by atoms with Crippen LogP contribution in [0.4, 0.5) is 4.39 Å². The Balaban J connectivity index is 1.94. The molecular weight excluding hydrogens is 411 g/mol. The molecular formula is C22H16ClFN2O4. The number of benzene rings is 2. The minimum absolute atomic E-state index is 0.126. The minimum atomic E-state index is -1.30. The first-order valence-electron chi connectivity index (χ1n) is 8.77. The Hall–Kier alpha value is -3.63. The van der Waals surface area contributed by atoms with Gasteiger partial charge in [-0.2, -0.15) is 5.26 Å². The number of methoxy groups -OCH3 is 1. The fourth-order valence-electron chi connectivity index (χ4n) is 2.65. The largest absolute Gasteiger partial charge is 0.489 e. The molecule has 0 fully saturated rings. The van der Waals surface area contributed by atoms with Crippen LogP contribution in [-0.2, 0) is 16.1 Å². The monoisotopic (exact) mass is 426 g/mol. The van der Waals surface area contributed by atoms with Crippen molar-refractivity contribution in [2.75, 3.05) is 7.11 Å². The fourth-order valence-corrected chi connectivity index (χ4v) is 2.88. The third kappa shape index (κ3) is 4.85. The molecule has 0 radical (unpaired) electrons. The minimum Gasteiger partial charge on any atom is -0.489 e. The first kappa shape index (κ1) is 21.1. The van der Waals surface area contributed by atoms with Crippen LogP contribution in [0.25, 0.3) is 0 Å². The standard InChI is InChI=1S/C22H16ClFN2O4/c1-28-22(27)21(16-4-2-3-5-18(16)23)30-20-11-15(10-19(24)17(20)12-25)29-13-14-6-8-26-9-7-14/h2-11,21H,13H2,1H3. The summed E-state index contributed by atoms with van der Waals surface area (Å²) in [5.74, 6) is -1.64. The van der Waals surface area contributed by atoms with Crippen LogP contribution in [0.15, 0.2) is 60.9 Å². The molecule has 0 saturated carbocycles. The molecule has 0 N–H and O–H groups in total. The number of esters is 1. The van der Waals surface area contributed by atoms with Gasteiger partial charge in [0.1, 0.15) is 35.6 Å². The molecule has 1 atom stereocenters. The van der Waals surface area contributed by atoms with Gasteiger partial charge in [-0.25, -0.2) is 9.18 Å². The van der Waals surface area contributed by atoms with Crippen molar-refractivity contribution < 1.29 is 23.4 Å². The number of rotatable bonds is 7. The maximum Gasteiger partial charge on any atom is 0.351 e. The van der Waals surface area contributed by atoms with Gasteiger partial charge in [-0.3, -0.25) is 4.98 Å². The molecule has 3 rings (SSSR count). The van der Waals surface area contributed by atoms with Gasteiger partial charge in [0, 0.05) is 35.1 Å². The molecule has 0 aliphatic rings. The molecule has 30 heavy (non-hydrogen) atoms. The summed E-state index contributed by atoms with van der Waals surface area (Å²) in [7, 11) is 1.19. The summed E-state index contributed by atoms with van der Waals surface area (Å²) in [5.41, 5.74) is 0.770. The molecule has 1 unspecified atom stereocenters. The zero-order valence-electron chi connectivity index (χ0n) is 15.8. The highest BCUT2D eigenvalue weighted by Gasteiger charge is 2.28. The smallest absolute Gasteiger partial charge is 0.351 e. The van der Waals surface area contributed by atoms with Gasteiger partial charge in [-0.05, 0) is 23.8 Å². The number of ether oxygens (including phenoxy) is 3. The number of carbonyl (C=O) groups is 1. The summed E-state index contributed by atoms with van der Waals surface area (Å²) < 4.78 is 30.6. The fraction of sp³-hybridized carbons (Fsp3) is 0.136.